The predicted molar refractivity (Wildman–Crippen MR) is 82.8 cm³/mol. The van der Waals surface area contributed by atoms with E-state index >= 15 is 0 Å². The number of hydrogen-bond acceptors (Lipinski definition) is 2. The molecule has 0 saturated carbocycles. The lowest BCUT2D eigenvalue weighted by molar-refractivity contribution is -0.143. The highest BCUT2D eigenvalue weighted by Gasteiger charge is 2.37. The number of carbonyl (C=O) groups is 1. The first-order valence-electron chi connectivity index (χ1n) is 7.64. The average molecular weight is 405 g/mol. The van der Waals surface area contributed by atoms with Gasteiger partial charge in [-0.15, -0.1) is 0 Å². The van der Waals surface area contributed by atoms with Crippen LogP contribution in [0, 0.1) is 5.82 Å². The van der Waals surface area contributed by atoms with Crippen LogP contribution in [0.5, 0.6) is 0 Å². The Morgan fingerprint density at radius 3 is 2.14 bits per heavy atom. The maximum Gasteiger partial charge on any atom is 0.416 e. The lowest BCUT2D eigenvalue weighted by atomic mass is 10.0. The summed E-state index contributed by atoms with van der Waals surface area (Å²) in [4.78, 5) is 16.2. The molecule has 2 heterocycles. The highest BCUT2D eigenvalue weighted by Crippen LogP contribution is 2.36. The molecule has 0 bridgehead atoms. The predicted octanol–water partition coefficient (Wildman–Crippen LogP) is 4.44. The molecule has 1 amide bonds. The van der Waals surface area contributed by atoms with Crippen LogP contribution in [0.2, 0.25) is 0 Å². The highest BCUT2D eigenvalue weighted by atomic mass is 19.4. The summed E-state index contributed by atoms with van der Waals surface area (Å²) in [7, 11) is 0. The van der Waals surface area contributed by atoms with Crippen molar-refractivity contribution < 1.29 is 35.5 Å². The van der Waals surface area contributed by atoms with Gasteiger partial charge in [-0.2, -0.15) is 26.3 Å². The van der Waals surface area contributed by atoms with Crippen molar-refractivity contribution in [3.63, 3.8) is 0 Å². The zero-order valence-corrected chi connectivity index (χ0v) is 13.7. The van der Waals surface area contributed by atoms with E-state index in [1.54, 1.807) is 0 Å². The molecule has 0 radical (unpaired) electrons. The number of carbonyl (C=O) groups excluding carboxylic acids is 1. The Balaban J connectivity index is 1.84. The van der Waals surface area contributed by atoms with Crippen LogP contribution >= 0.6 is 0 Å². The molecule has 0 atom stereocenters. The van der Waals surface area contributed by atoms with E-state index in [1.807, 2.05) is 0 Å². The van der Waals surface area contributed by atoms with Gasteiger partial charge in [-0.1, -0.05) is 0 Å². The number of fused-ring (bicyclic) bond motifs is 1. The number of aromatic nitrogens is 2. The third-order valence-corrected chi connectivity index (χ3v) is 3.74. The summed E-state index contributed by atoms with van der Waals surface area (Å²) in [6.07, 6.45) is -7.62. The number of nitrogens with zero attached hydrogens (tertiary/aromatic N) is 2. The van der Waals surface area contributed by atoms with Crippen molar-refractivity contribution in [2.24, 2.45) is 0 Å². The van der Waals surface area contributed by atoms with Crippen molar-refractivity contribution >= 4 is 11.6 Å². The van der Waals surface area contributed by atoms with Gasteiger partial charge >= 0.3 is 12.4 Å². The third kappa shape index (κ3) is 4.24. The molecule has 3 aromatic rings. The van der Waals surface area contributed by atoms with Gasteiger partial charge in [0.15, 0.2) is 0 Å². The minimum atomic E-state index is -5.05. The molecule has 0 fully saturated rings. The molecule has 0 aliphatic heterocycles. The van der Waals surface area contributed by atoms with E-state index in [0.717, 1.165) is 12.3 Å². The van der Waals surface area contributed by atoms with Crippen LogP contribution in [0.4, 0.5) is 30.7 Å². The van der Waals surface area contributed by atoms with Crippen LogP contribution in [0.25, 0.3) is 5.65 Å². The second-order valence-electron chi connectivity index (χ2n) is 5.82. The first-order chi connectivity index (χ1) is 12.9. The van der Waals surface area contributed by atoms with E-state index in [1.165, 1.54) is 16.7 Å². The lowest BCUT2D eigenvalue weighted by Gasteiger charge is -2.14. The van der Waals surface area contributed by atoms with Crippen molar-refractivity contribution in [1.82, 2.24) is 14.7 Å². The Labute approximate surface area is 152 Å². The van der Waals surface area contributed by atoms with Gasteiger partial charge in [-0.05, 0) is 30.3 Å². The zero-order valence-electron chi connectivity index (χ0n) is 13.7. The molecule has 11 heteroatoms. The molecule has 0 unspecified atom stereocenters. The minimum absolute atomic E-state index is 0.0621. The molecular formula is C17H10F7N3O. The first kappa shape index (κ1) is 19.6. The summed E-state index contributed by atoms with van der Waals surface area (Å²) in [5.74, 6) is -1.68. The first-order valence-corrected chi connectivity index (χ1v) is 7.64. The number of pyridine rings is 1. The third-order valence-electron chi connectivity index (χ3n) is 3.74. The maximum atomic E-state index is 13.1. The summed E-state index contributed by atoms with van der Waals surface area (Å²) in [5, 5.41) is 2.20. The molecule has 3 rings (SSSR count). The van der Waals surface area contributed by atoms with Crippen LogP contribution in [0.15, 0.2) is 42.7 Å². The fourth-order valence-corrected chi connectivity index (χ4v) is 2.46. The molecule has 28 heavy (non-hydrogen) atoms. The molecule has 4 nitrogen and oxygen atoms in total. The zero-order chi connectivity index (χ0) is 20.7. The monoisotopic (exact) mass is 405 g/mol. The lowest BCUT2D eigenvalue weighted by Crippen LogP contribution is -2.24. The largest absolute Gasteiger partial charge is 0.416 e. The molecule has 1 N–H and O–H groups in total. The summed E-state index contributed by atoms with van der Waals surface area (Å²) in [5.41, 5.74) is -3.38. The minimum Gasteiger partial charge on any atom is -0.346 e. The van der Waals surface area contributed by atoms with Gasteiger partial charge in [0, 0.05) is 18.0 Å². The number of rotatable bonds is 3. The van der Waals surface area contributed by atoms with Crippen LogP contribution in [-0.4, -0.2) is 15.3 Å². The number of benzene rings is 1. The number of amides is 1. The highest BCUT2D eigenvalue weighted by molar-refractivity contribution is 5.94. The molecule has 2 aromatic heterocycles. The van der Waals surface area contributed by atoms with Gasteiger partial charge in [-0.3, -0.25) is 4.79 Å². The van der Waals surface area contributed by atoms with Gasteiger partial charge in [-0.25, -0.2) is 9.37 Å². The van der Waals surface area contributed by atoms with E-state index in [2.05, 4.69) is 10.3 Å². The SMILES string of the molecule is O=C(NCc1cn2cc(F)ccc2n1)c1cc(C(F)(F)F)cc(C(F)(F)F)c1. The van der Waals surface area contributed by atoms with Crippen molar-refractivity contribution in [2.75, 3.05) is 0 Å². The fourth-order valence-electron chi connectivity index (χ4n) is 2.46. The smallest absolute Gasteiger partial charge is 0.346 e. The number of halogens is 7. The Morgan fingerprint density at radius 1 is 0.964 bits per heavy atom. The molecule has 0 aliphatic rings. The van der Waals surface area contributed by atoms with Crippen LogP contribution in [0.3, 0.4) is 0 Å². The fraction of sp³-hybridized carbons (Fsp3) is 0.176. The summed E-state index contributed by atoms with van der Waals surface area (Å²) in [6, 6.07) is 3.13. The molecule has 1 aromatic carbocycles. The van der Waals surface area contributed by atoms with Crippen molar-refractivity contribution in [2.45, 2.75) is 18.9 Å². The van der Waals surface area contributed by atoms with E-state index in [-0.39, 0.29) is 18.3 Å². The van der Waals surface area contributed by atoms with Gasteiger partial charge in [0.25, 0.3) is 5.91 Å². The number of imidazole rings is 1. The number of alkyl halides is 6. The molecule has 148 valence electrons. The second-order valence-corrected chi connectivity index (χ2v) is 5.82. The van der Waals surface area contributed by atoms with Gasteiger partial charge in [0.1, 0.15) is 11.5 Å². The van der Waals surface area contributed by atoms with Crippen molar-refractivity contribution in [3.8, 4) is 0 Å². The van der Waals surface area contributed by atoms with Gasteiger partial charge in [0.05, 0.1) is 23.4 Å². The van der Waals surface area contributed by atoms with Gasteiger partial charge < -0.3 is 9.72 Å². The topological polar surface area (TPSA) is 46.4 Å². The molecule has 0 aliphatic carbocycles. The summed E-state index contributed by atoms with van der Waals surface area (Å²) < 4.78 is 91.6. The van der Waals surface area contributed by atoms with Gasteiger partial charge in [0.2, 0.25) is 0 Å². The van der Waals surface area contributed by atoms with Crippen LogP contribution in [0.1, 0.15) is 27.2 Å². The van der Waals surface area contributed by atoms with E-state index < -0.39 is 40.8 Å². The average Bonchev–Trinajstić information content (AvgIpc) is 2.99. The number of nitrogens with one attached hydrogen (secondary N) is 1. The Morgan fingerprint density at radius 2 is 1.57 bits per heavy atom. The van der Waals surface area contributed by atoms with Crippen molar-refractivity contribution in [3.05, 3.63) is 70.9 Å². The van der Waals surface area contributed by atoms with E-state index in [0.29, 0.717) is 17.8 Å². The van der Waals surface area contributed by atoms with Crippen molar-refractivity contribution in [1.29, 1.82) is 0 Å². The normalized spacial score (nSPS) is 12.4. The Hall–Kier alpha value is -3.11. The molecule has 0 saturated heterocycles. The Kier molecular flexibility index (Phi) is 4.77. The van der Waals surface area contributed by atoms with Crippen LogP contribution < -0.4 is 5.32 Å². The van der Waals surface area contributed by atoms with E-state index in [9.17, 15) is 35.5 Å². The van der Waals surface area contributed by atoms with Crippen LogP contribution in [-0.2, 0) is 18.9 Å². The summed E-state index contributed by atoms with van der Waals surface area (Å²) >= 11 is 0. The van der Waals surface area contributed by atoms with E-state index in [4.69, 9.17) is 0 Å². The maximum absolute atomic E-state index is 13.1. The molecule has 0 spiro atoms. The second kappa shape index (κ2) is 6.80. The standard InChI is InChI=1S/C17H10F7N3O/c18-12-1-2-14-26-13(8-27(14)7-12)6-25-15(28)9-3-10(16(19,20)21)5-11(4-9)17(22,23)24/h1-5,7-8H,6H2,(H,25,28). The number of hydrogen-bond donors (Lipinski definition) is 1. The Bertz CT molecular complexity index is 1010. The molecular weight excluding hydrogens is 395 g/mol. The quantitative estimate of drug-likeness (QED) is 0.655. The summed E-state index contributed by atoms with van der Waals surface area (Å²) in [6.45, 7) is -0.278.